The molecule has 0 spiro atoms. The summed E-state index contributed by atoms with van der Waals surface area (Å²) < 4.78 is 0. The summed E-state index contributed by atoms with van der Waals surface area (Å²) in [5.41, 5.74) is 1.75. The maximum absolute atomic E-state index is 13.7. The third kappa shape index (κ3) is 3.75. The van der Waals surface area contributed by atoms with Gasteiger partial charge in [-0.05, 0) is 86.8 Å². The molecule has 2 saturated carbocycles. The molecule has 1 saturated heterocycles. The van der Waals surface area contributed by atoms with Crippen LogP contribution in [0.2, 0.25) is 0 Å². The van der Waals surface area contributed by atoms with Gasteiger partial charge in [-0.3, -0.25) is 4.79 Å². The molecule has 2 N–H and O–H groups in total. The second-order valence-corrected chi connectivity index (χ2v) is 10.8. The predicted molar refractivity (Wildman–Crippen MR) is 115 cm³/mol. The normalized spacial score (nSPS) is 35.3. The molecule has 1 heterocycles. The molecule has 28 heavy (non-hydrogen) atoms. The molecule has 3 heteroatoms. The fourth-order valence-corrected chi connectivity index (χ4v) is 7.04. The average Bonchev–Trinajstić information content (AvgIpc) is 2.67. The maximum Gasteiger partial charge on any atom is 0.226 e. The highest BCUT2D eigenvalue weighted by Crippen LogP contribution is 2.62. The molecule has 3 unspecified atom stereocenters. The van der Waals surface area contributed by atoms with Crippen LogP contribution in [0, 0.1) is 16.7 Å². The molecule has 3 nitrogen and oxygen atoms in total. The molecule has 3 fully saturated rings. The van der Waals surface area contributed by atoms with Gasteiger partial charge in [-0.1, -0.05) is 51.1 Å². The van der Waals surface area contributed by atoms with Gasteiger partial charge in [0.2, 0.25) is 5.91 Å². The predicted octanol–water partition coefficient (Wildman–Crippen LogP) is 4.81. The van der Waals surface area contributed by atoms with Gasteiger partial charge in [-0.25, -0.2) is 0 Å². The molecule has 154 valence electrons. The topological polar surface area (TPSA) is 41.1 Å². The molecule has 2 bridgehead atoms. The van der Waals surface area contributed by atoms with E-state index in [4.69, 9.17) is 0 Å². The van der Waals surface area contributed by atoms with E-state index in [0.717, 1.165) is 45.2 Å². The van der Waals surface area contributed by atoms with Gasteiger partial charge in [0, 0.05) is 6.04 Å². The number of rotatable bonds is 4. The van der Waals surface area contributed by atoms with Gasteiger partial charge in [0.1, 0.15) is 0 Å². The van der Waals surface area contributed by atoms with Crippen molar-refractivity contribution >= 4 is 5.91 Å². The highest BCUT2D eigenvalue weighted by molar-refractivity contribution is 5.83. The Morgan fingerprint density at radius 2 is 1.79 bits per heavy atom. The van der Waals surface area contributed by atoms with E-state index in [1.54, 1.807) is 0 Å². The van der Waals surface area contributed by atoms with Crippen molar-refractivity contribution in [1.82, 2.24) is 10.6 Å². The highest BCUT2D eigenvalue weighted by atomic mass is 16.2. The van der Waals surface area contributed by atoms with Crippen LogP contribution in [-0.4, -0.2) is 25.0 Å². The number of fused-ring (bicyclic) bond motifs is 2. The molecule has 3 aliphatic rings. The van der Waals surface area contributed by atoms with E-state index in [9.17, 15) is 4.79 Å². The first-order chi connectivity index (χ1) is 13.4. The minimum absolute atomic E-state index is 0.146. The Balaban J connectivity index is 1.65. The van der Waals surface area contributed by atoms with E-state index in [2.05, 4.69) is 61.7 Å². The Morgan fingerprint density at radius 1 is 1.07 bits per heavy atom. The SMILES string of the molecule is CCC1(C(=O)NC2CCNCC2)CC2CC(C)(C)CC(c3ccccc3)(C2)C1. The molecule has 0 radical (unpaired) electrons. The van der Waals surface area contributed by atoms with Crippen molar-refractivity contribution in [3.05, 3.63) is 35.9 Å². The number of piperidine rings is 1. The third-order valence-corrected chi connectivity index (χ3v) is 7.91. The second kappa shape index (κ2) is 7.48. The molecule has 1 aromatic rings. The molecular weight excluding hydrogens is 344 g/mol. The van der Waals surface area contributed by atoms with Gasteiger partial charge < -0.3 is 10.6 Å². The fraction of sp³-hybridized carbons (Fsp3) is 0.720. The fourth-order valence-electron chi connectivity index (χ4n) is 7.04. The van der Waals surface area contributed by atoms with Gasteiger partial charge in [0.25, 0.3) is 0 Å². The number of carbonyl (C=O) groups excluding carboxylic acids is 1. The zero-order valence-electron chi connectivity index (χ0n) is 18.0. The molecule has 2 aliphatic carbocycles. The summed E-state index contributed by atoms with van der Waals surface area (Å²) in [6.45, 7) is 9.16. The zero-order chi connectivity index (χ0) is 19.8. The summed E-state index contributed by atoms with van der Waals surface area (Å²) in [5.74, 6) is 0.989. The quantitative estimate of drug-likeness (QED) is 0.785. The molecule has 1 aliphatic heterocycles. The van der Waals surface area contributed by atoms with E-state index in [1.807, 2.05) is 0 Å². The number of nitrogens with one attached hydrogen (secondary N) is 2. The maximum atomic E-state index is 13.7. The lowest BCUT2D eigenvalue weighted by atomic mass is 9.46. The molecule has 1 amide bonds. The van der Waals surface area contributed by atoms with E-state index in [1.165, 1.54) is 24.8 Å². The van der Waals surface area contributed by atoms with Gasteiger partial charge in [0.05, 0.1) is 5.41 Å². The van der Waals surface area contributed by atoms with Crippen LogP contribution in [0.1, 0.15) is 77.7 Å². The smallest absolute Gasteiger partial charge is 0.226 e. The first kappa shape index (κ1) is 19.9. The summed E-state index contributed by atoms with van der Waals surface area (Å²) in [6.07, 6.45) is 8.86. The van der Waals surface area contributed by atoms with Crippen molar-refractivity contribution in [2.45, 2.75) is 83.6 Å². The minimum atomic E-state index is -0.208. The van der Waals surface area contributed by atoms with E-state index >= 15 is 0 Å². The first-order valence-electron chi connectivity index (χ1n) is 11.4. The summed E-state index contributed by atoms with van der Waals surface area (Å²) >= 11 is 0. The first-order valence-corrected chi connectivity index (χ1v) is 11.4. The lowest BCUT2D eigenvalue weighted by molar-refractivity contribution is -0.140. The van der Waals surface area contributed by atoms with Crippen molar-refractivity contribution in [1.29, 1.82) is 0 Å². The van der Waals surface area contributed by atoms with Crippen LogP contribution in [-0.2, 0) is 10.2 Å². The van der Waals surface area contributed by atoms with Crippen molar-refractivity contribution in [3.8, 4) is 0 Å². The van der Waals surface area contributed by atoms with E-state index in [-0.39, 0.29) is 10.8 Å². The van der Waals surface area contributed by atoms with Crippen LogP contribution in [0.25, 0.3) is 0 Å². The second-order valence-electron chi connectivity index (χ2n) is 10.8. The highest BCUT2D eigenvalue weighted by Gasteiger charge is 2.56. The lowest BCUT2D eigenvalue weighted by Gasteiger charge is -2.58. The van der Waals surface area contributed by atoms with Gasteiger partial charge in [0.15, 0.2) is 0 Å². The van der Waals surface area contributed by atoms with Gasteiger partial charge >= 0.3 is 0 Å². The molecular formula is C25H38N2O. The van der Waals surface area contributed by atoms with Crippen LogP contribution < -0.4 is 10.6 Å². The van der Waals surface area contributed by atoms with Crippen LogP contribution >= 0.6 is 0 Å². The van der Waals surface area contributed by atoms with Crippen molar-refractivity contribution in [3.63, 3.8) is 0 Å². The lowest BCUT2D eigenvalue weighted by Crippen LogP contribution is -2.56. The largest absolute Gasteiger partial charge is 0.353 e. The van der Waals surface area contributed by atoms with Crippen molar-refractivity contribution in [2.24, 2.45) is 16.7 Å². The number of benzene rings is 1. The van der Waals surface area contributed by atoms with Crippen LogP contribution in [0.5, 0.6) is 0 Å². The molecule has 4 rings (SSSR count). The summed E-state index contributed by atoms with van der Waals surface area (Å²) in [5, 5.41) is 6.89. The Bertz CT molecular complexity index is 694. The standard InChI is InChI=1S/C25H38N2O/c1-4-24(22(28)27-21-10-12-26-13-11-21)15-19-14-23(2,3)17-25(16-19,18-24)20-8-6-5-7-9-20/h5-9,19,21,26H,4,10-18H2,1-3H3,(H,27,28). The Hall–Kier alpha value is -1.35. The Labute approximate surface area is 171 Å². The van der Waals surface area contributed by atoms with Gasteiger partial charge in [-0.2, -0.15) is 0 Å². The third-order valence-electron chi connectivity index (χ3n) is 7.91. The monoisotopic (exact) mass is 382 g/mol. The van der Waals surface area contributed by atoms with Gasteiger partial charge in [-0.15, -0.1) is 0 Å². The molecule has 1 aromatic carbocycles. The number of hydrogen-bond acceptors (Lipinski definition) is 2. The average molecular weight is 383 g/mol. The molecule has 0 aromatic heterocycles. The zero-order valence-corrected chi connectivity index (χ0v) is 18.0. The minimum Gasteiger partial charge on any atom is -0.353 e. The van der Waals surface area contributed by atoms with Crippen molar-refractivity contribution < 1.29 is 4.79 Å². The van der Waals surface area contributed by atoms with E-state index < -0.39 is 0 Å². The van der Waals surface area contributed by atoms with Crippen molar-refractivity contribution in [2.75, 3.05) is 13.1 Å². The van der Waals surface area contributed by atoms with Crippen LogP contribution in [0.3, 0.4) is 0 Å². The van der Waals surface area contributed by atoms with E-state index in [0.29, 0.717) is 23.3 Å². The Kier molecular flexibility index (Phi) is 5.33. The number of hydrogen-bond donors (Lipinski definition) is 2. The summed E-state index contributed by atoms with van der Waals surface area (Å²) in [7, 11) is 0. The van der Waals surface area contributed by atoms with Crippen LogP contribution in [0.4, 0.5) is 0 Å². The summed E-state index contributed by atoms with van der Waals surface area (Å²) in [6, 6.07) is 11.5. The number of amides is 1. The number of carbonyl (C=O) groups is 1. The summed E-state index contributed by atoms with van der Waals surface area (Å²) in [4.78, 5) is 13.7. The van der Waals surface area contributed by atoms with Crippen LogP contribution in [0.15, 0.2) is 30.3 Å². The molecule has 3 atom stereocenters. The Morgan fingerprint density at radius 3 is 2.46 bits per heavy atom.